The number of hydrogen-bond donors (Lipinski definition) is 1. The maximum atomic E-state index is 13.8. The molecule has 1 saturated heterocycles. The molecule has 1 aliphatic rings. The van der Waals surface area contributed by atoms with Gasteiger partial charge in [0.15, 0.2) is 0 Å². The Morgan fingerprint density at radius 1 is 1.35 bits per heavy atom. The number of aryl methyl sites for hydroxylation is 1. The first-order valence-electron chi connectivity index (χ1n) is 7.48. The van der Waals surface area contributed by atoms with Gasteiger partial charge in [-0.3, -0.25) is 4.79 Å². The lowest BCUT2D eigenvalue weighted by atomic mass is 10.1. The summed E-state index contributed by atoms with van der Waals surface area (Å²) in [4.78, 5) is 13.7. The van der Waals surface area contributed by atoms with Gasteiger partial charge in [0.2, 0.25) is 10.0 Å². The molecular formula is C15H20F2N2O3S. The number of carbonyl (C=O) groups is 1. The number of carbonyl (C=O) groups excluding carboxylic acids is 1. The molecule has 0 saturated carbocycles. The molecule has 1 aliphatic heterocycles. The van der Waals surface area contributed by atoms with Crippen molar-refractivity contribution in [1.29, 1.82) is 0 Å². The number of likely N-dealkylation sites (tertiary alicyclic amines) is 1. The van der Waals surface area contributed by atoms with E-state index in [-0.39, 0.29) is 29.5 Å². The second-order valence-corrected chi connectivity index (χ2v) is 7.63. The first-order valence-corrected chi connectivity index (χ1v) is 9.13. The van der Waals surface area contributed by atoms with Crippen LogP contribution in [0.3, 0.4) is 0 Å². The molecule has 1 aromatic carbocycles. The maximum Gasteiger partial charge on any atom is 0.256 e. The normalized spacial score (nSPS) is 18.4. The van der Waals surface area contributed by atoms with Crippen LogP contribution in [0.4, 0.5) is 8.78 Å². The number of benzene rings is 1. The number of sulfonamides is 1. The number of nitrogens with one attached hydrogen (secondary N) is 1. The molecule has 0 radical (unpaired) electrons. The smallest absolute Gasteiger partial charge is 0.256 e. The summed E-state index contributed by atoms with van der Waals surface area (Å²) in [5.41, 5.74) is -0.00453. The molecule has 5 nitrogen and oxygen atoms in total. The highest BCUT2D eigenvalue weighted by Gasteiger charge is 2.30. The molecule has 1 amide bonds. The van der Waals surface area contributed by atoms with Crippen molar-refractivity contribution in [2.45, 2.75) is 32.7 Å². The highest BCUT2D eigenvalue weighted by atomic mass is 32.2. The Labute approximate surface area is 134 Å². The van der Waals surface area contributed by atoms with Gasteiger partial charge in [0, 0.05) is 25.2 Å². The van der Waals surface area contributed by atoms with Crippen molar-refractivity contribution in [3.63, 3.8) is 0 Å². The van der Waals surface area contributed by atoms with Gasteiger partial charge in [-0.05, 0) is 31.4 Å². The van der Waals surface area contributed by atoms with Crippen LogP contribution < -0.4 is 4.72 Å². The van der Waals surface area contributed by atoms with Crippen molar-refractivity contribution >= 4 is 15.9 Å². The third-order valence-corrected chi connectivity index (χ3v) is 5.41. The van der Waals surface area contributed by atoms with Gasteiger partial charge in [0.1, 0.15) is 11.6 Å². The van der Waals surface area contributed by atoms with Crippen LogP contribution in [0.15, 0.2) is 12.1 Å². The Kier molecular flexibility index (Phi) is 5.36. The zero-order valence-electron chi connectivity index (χ0n) is 13.1. The average Bonchev–Trinajstić information content (AvgIpc) is 2.89. The van der Waals surface area contributed by atoms with E-state index < -0.39 is 27.6 Å². The second-order valence-electron chi connectivity index (χ2n) is 5.75. The summed E-state index contributed by atoms with van der Waals surface area (Å²) >= 11 is 0. The van der Waals surface area contributed by atoms with Crippen LogP contribution in [0.1, 0.15) is 35.7 Å². The Hall–Kier alpha value is -1.54. The minimum absolute atomic E-state index is 0.0310. The van der Waals surface area contributed by atoms with Gasteiger partial charge >= 0.3 is 0 Å². The van der Waals surface area contributed by atoms with Gasteiger partial charge in [-0.25, -0.2) is 21.9 Å². The summed E-state index contributed by atoms with van der Waals surface area (Å²) in [6, 6.07) is 1.50. The Morgan fingerprint density at radius 3 is 2.70 bits per heavy atom. The van der Waals surface area contributed by atoms with Crippen molar-refractivity contribution < 1.29 is 22.0 Å². The quantitative estimate of drug-likeness (QED) is 0.884. The first-order chi connectivity index (χ1) is 10.7. The molecule has 0 unspecified atom stereocenters. The lowest BCUT2D eigenvalue weighted by Crippen LogP contribution is -2.39. The van der Waals surface area contributed by atoms with Crippen molar-refractivity contribution in [3.05, 3.63) is 34.9 Å². The molecular weight excluding hydrogens is 326 g/mol. The molecule has 1 atom stereocenters. The Bertz CT molecular complexity index is 707. The van der Waals surface area contributed by atoms with E-state index >= 15 is 0 Å². The largest absolute Gasteiger partial charge is 0.337 e. The molecule has 1 fully saturated rings. The van der Waals surface area contributed by atoms with E-state index in [1.54, 1.807) is 6.92 Å². The van der Waals surface area contributed by atoms with Crippen LogP contribution in [0, 0.1) is 18.6 Å². The maximum absolute atomic E-state index is 13.8. The van der Waals surface area contributed by atoms with E-state index in [1.807, 2.05) is 0 Å². The van der Waals surface area contributed by atoms with Crippen molar-refractivity contribution in [2.24, 2.45) is 0 Å². The zero-order chi connectivity index (χ0) is 17.2. The highest BCUT2D eigenvalue weighted by Crippen LogP contribution is 2.19. The van der Waals surface area contributed by atoms with Crippen LogP contribution in [-0.4, -0.2) is 44.1 Å². The van der Waals surface area contributed by atoms with E-state index in [9.17, 15) is 22.0 Å². The molecule has 0 aliphatic carbocycles. The molecule has 0 bridgehead atoms. The summed E-state index contributed by atoms with van der Waals surface area (Å²) in [5, 5.41) is 0. The summed E-state index contributed by atoms with van der Waals surface area (Å²) in [6.07, 6.45) is 0.973. The highest BCUT2D eigenvalue weighted by molar-refractivity contribution is 7.89. The average molecular weight is 346 g/mol. The lowest BCUT2D eigenvalue weighted by molar-refractivity contribution is 0.0785. The fraction of sp³-hybridized carbons (Fsp3) is 0.533. The van der Waals surface area contributed by atoms with Crippen LogP contribution in [-0.2, 0) is 10.0 Å². The number of halogens is 2. The number of amides is 1. The van der Waals surface area contributed by atoms with E-state index in [0.29, 0.717) is 25.5 Å². The predicted octanol–water partition coefficient (Wildman–Crippen LogP) is 1.82. The summed E-state index contributed by atoms with van der Waals surface area (Å²) in [6.45, 7) is 3.73. The monoisotopic (exact) mass is 346 g/mol. The fourth-order valence-corrected chi connectivity index (χ4v) is 3.97. The van der Waals surface area contributed by atoms with E-state index in [0.717, 1.165) is 0 Å². The van der Waals surface area contributed by atoms with Crippen LogP contribution in [0.2, 0.25) is 0 Å². The van der Waals surface area contributed by atoms with Gasteiger partial charge in [0.05, 0.1) is 11.3 Å². The van der Waals surface area contributed by atoms with Crippen LogP contribution in [0.5, 0.6) is 0 Å². The first kappa shape index (κ1) is 17.8. The van der Waals surface area contributed by atoms with E-state index in [2.05, 4.69) is 4.72 Å². The molecule has 8 heteroatoms. The molecule has 1 heterocycles. The topological polar surface area (TPSA) is 66.5 Å². The second kappa shape index (κ2) is 6.92. The third-order valence-electron chi connectivity index (χ3n) is 3.77. The zero-order valence-corrected chi connectivity index (χ0v) is 13.9. The molecule has 1 N–H and O–H groups in total. The van der Waals surface area contributed by atoms with E-state index in [4.69, 9.17) is 0 Å². The summed E-state index contributed by atoms with van der Waals surface area (Å²) < 4.78 is 53.1. The Morgan fingerprint density at radius 2 is 2.04 bits per heavy atom. The summed E-state index contributed by atoms with van der Waals surface area (Å²) in [7, 11) is -3.36. The van der Waals surface area contributed by atoms with Gasteiger partial charge in [-0.1, -0.05) is 6.92 Å². The van der Waals surface area contributed by atoms with Crippen molar-refractivity contribution in [3.8, 4) is 0 Å². The number of hydrogen-bond acceptors (Lipinski definition) is 3. The van der Waals surface area contributed by atoms with E-state index in [1.165, 1.54) is 17.9 Å². The minimum Gasteiger partial charge on any atom is -0.337 e. The number of nitrogens with zero attached hydrogens (tertiary/aromatic N) is 1. The van der Waals surface area contributed by atoms with Gasteiger partial charge in [0.25, 0.3) is 5.91 Å². The standard InChI is InChI=1S/C15H20F2N2O3S/c1-3-6-23(21,22)18-11-4-5-19(9-11)15(20)12-7-10(2)13(16)8-14(12)17/h7-8,11,18H,3-6,9H2,1-2H3/t11-/m1/s1. The van der Waals surface area contributed by atoms with Crippen LogP contribution in [0.25, 0.3) is 0 Å². The SMILES string of the molecule is CCCS(=O)(=O)N[C@@H]1CCN(C(=O)c2cc(C)c(F)cc2F)C1. The molecule has 1 aromatic rings. The molecule has 2 rings (SSSR count). The van der Waals surface area contributed by atoms with Crippen LogP contribution >= 0.6 is 0 Å². The predicted molar refractivity (Wildman–Crippen MR) is 82.6 cm³/mol. The lowest BCUT2D eigenvalue weighted by Gasteiger charge is -2.18. The van der Waals surface area contributed by atoms with Crippen molar-refractivity contribution in [1.82, 2.24) is 9.62 Å². The summed E-state index contributed by atoms with van der Waals surface area (Å²) in [5.74, 6) is -2.13. The molecule has 23 heavy (non-hydrogen) atoms. The van der Waals surface area contributed by atoms with Gasteiger partial charge < -0.3 is 4.90 Å². The molecule has 128 valence electrons. The van der Waals surface area contributed by atoms with Gasteiger partial charge in [-0.2, -0.15) is 0 Å². The number of rotatable bonds is 5. The fourth-order valence-electron chi connectivity index (χ4n) is 2.61. The van der Waals surface area contributed by atoms with Gasteiger partial charge in [-0.15, -0.1) is 0 Å². The molecule has 0 spiro atoms. The van der Waals surface area contributed by atoms with Crippen molar-refractivity contribution in [2.75, 3.05) is 18.8 Å². The Balaban J connectivity index is 2.07. The molecule has 0 aromatic heterocycles. The minimum atomic E-state index is -3.36. The third kappa shape index (κ3) is 4.26.